The van der Waals surface area contributed by atoms with Crippen molar-refractivity contribution in [1.29, 1.82) is 0 Å². The fourth-order valence-corrected chi connectivity index (χ4v) is 3.48. The molecule has 30 heavy (non-hydrogen) atoms. The van der Waals surface area contributed by atoms with Crippen LogP contribution in [0.25, 0.3) is 11.0 Å². The second kappa shape index (κ2) is 8.51. The van der Waals surface area contributed by atoms with E-state index in [9.17, 15) is 9.59 Å². The highest BCUT2D eigenvalue weighted by atomic mass is 35.5. The summed E-state index contributed by atoms with van der Waals surface area (Å²) in [4.78, 5) is 29.5. The number of benzene rings is 2. The van der Waals surface area contributed by atoms with Crippen molar-refractivity contribution in [2.24, 2.45) is 0 Å². The zero-order chi connectivity index (χ0) is 21.1. The van der Waals surface area contributed by atoms with Crippen LogP contribution in [-0.4, -0.2) is 31.8 Å². The van der Waals surface area contributed by atoms with E-state index in [0.29, 0.717) is 41.3 Å². The van der Waals surface area contributed by atoms with Gasteiger partial charge in [-0.3, -0.25) is 14.2 Å². The molecule has 152 valence electrons. The second-order valence-corrected chi connectivity index (χ2v) is 7.35. The fourth-order valence-electron chi connectivity index (χ4n) is 3.26. The normalized spacial score (nSPS) is 11.0. The highest BCUT2D eigenvalue weighted by Gasteiger charge is 2.12. The van der Waals surface area contributed by atoms with Crippen LogP contribution in [0.4, 0.5) is 0 Å². The van der Waals surface area contributed by atoms with Crippen molar-refractivity contribution in [2.75, 3.05) is 6.54 Å². The molecule has 1 N–H and O–H groups in total. The minimum absolute atomic E-state index is 0.144. The SMILES string of the molecule is Cc1ccccc1Cn1cnc2c(cnn2CCNC(=O)c2ccccc2Cl)c1=O. The molecule has 2 heterocycles. The molecule has 2 aromatic carbocycles. The fraction of sp³-hybridized carbons (Fsp3) is 0.182. The number of amides is 1. The Morgan fingerprint density at radius 3 is 2.70 bits per heavy atom. The molecule has 4 rings (SSSR count). The minimum atomic E-state index is -0.259. The number of carbonyl (C=O) groups excluding carboxylic acids is 1. The lowest BCUT2D eigenvalue weighted by Gasteiger charge is -2.09. The standard InChI is InChI=1S/C22H20ClN5O2/c1-15-6-2-3-7-16(15)13-27-14-25-20-18(22(27)30)12-26-28(20)11-10-24-21(29)17-8-4-5-9-19(17)23/h2-9,12,14H,10-11,13H2,1H3,(H,24,29). The Bertz CT molecular complexity index is 1280. The Morgan fingerprint density at radius 1 is 1.13 bits per heavy atom. The number of hydrogen-bond acceptors (Lipinski definition) is 4. The summed E-state index contributed by atoms with van der Waals surface area (Å²) in [6.45, 7) is 3.18. The van der Waals surface area contributed by atoms with Gasteiger partial charge in [-0.25, -0.2) is 9.67 Å². The van der Waals surface area contributed by atoms with Crippen LogP contribution in [0.1, 0.15) is 21.5 Å². The van der Waals surface area contributed by atoms with Gasteiger partial charge in [0, 0.05) is 6.54 Å². The van der Waals surface area contributed by atoms with Crippen LogP contribution < -0.4 is 10.9 Å². The molecule has 0 saturated heterocycles. The smallest absolute Gasteiger partial charge is 0.264 e. The van der Waals surface area contributed by atoms with Crippen LogP contribution in [0.2, 0.25) is 5.02 Å². The van der Waals surface area contributed by atoms with Gasteiger partial charge >= 0.3 is 0 Å². The molecule has 0 spiro atoms. The zero-order valence-electron chi connectivity index (χ0n) is 16.4. The molecule has 0 atom stereocenters. The van der Waals surface area contributed by atoms with Gasteiger partial charge in [-0.05, 0) is 30.2 Å². The number of aromatic nitrogens is 4. The molecule has 0 bridgehead atoms. The van der Waals surface area contributed by atoms with Gasteiger partial charge in [0.2, 0.25) is 0 Å². The van der Waals surface area contributed by atoms with E-state index in [0.717, 1.165) is 11.1 Å². The molecule has 0 unspecified atom stereocenters. The van der Waals surface area contributed by atoms with E-state index in [1.165, 1.54) is 12.5 Å². The predicted octanol–water partition coefficient (Wildman–Crippen LogP) is 3.03. The van der Waals surface area contributed by atoms with E-state index < -0.39 is 0 Å². The monoisotopic (exact) mass is 421 g/mol. The molecule has 1 amide bonds. The van der Waals surface area contributed by atoms with E-state index >= 15 is 0 Å². The Kier molecular flexibility index (Phi) is 5.63. The first-order chi connectivity index (χ1) is 14.5. The first-order valence-corrected chi connectivity index (χ1v) is 9.90. The van der Waals surface area contributed by atoms with E-state index in [-0.39, 0.29) is 11.5 Å². The summed E-state index contributed by atoms with van der Waals surface area (Å²) in [6.07, 6.45) is 3.06. The third-order valence-corrected chi connectivity index (χ3v) is 5.28. The molecule has 0 saturated carbocycles. The molecule has 0 aliphatic rings. The molecule has 2 aromatic heterocycles. The van der Waals surface area contributed by atoms with Gasteiger partial charge in [0.15, 0.2) is 5.65 Å². The summed E-state index contributed by atoms with van der Waals surface area (Å²) in [6, 6.07) is 14.8. The Labute approximate surface area is 177 Å². The minimum Gasteiger partial charge on any atom is -0.350 e. The number of nitrogens with one attached hydrogen (secondary N) is 1. The number of hydrogen-bond donors (Lipinski definition) is 1. The highest BCUT2D eigenvalue weighted by Crippen LogP contribution is 2.14. The number of carbonyl (C=O) groups is 1. The lowest BCUT2D eigenvalue weighted by Crippen LogP contribution is -2.28. The van der Waals surface area contributed by atoms with Crippen molar-refractivity contribution in [3.05, 3.63) is 93.1 Å². The molecule has 7 nitrogen and oxygen atoms in total. The van der Waals surface area contributed by atoms with Crippen molar-refractivity contribution in [3.63, 3.8) is 0 Å². The summed E-state index contributed by atoms with van der Waals surface area (Å²) in [7, 11) is 0. The maximum atomic E-state index is 12.8. The van der Waals surface area contributed by atoms with Gasteiger partial charge in [-0.2, -0.15) is 5.10 Å². The number of halogens is 1. The van der Waals surface area contributed by atoms with Crippen molar-refractivity contribution >= 4 is 28.5 Å². The van der Waals surface area contributed by atoms with E-state index in [1.54, 1.807) is 33.5 Å². The molecule has 0 aliphatic carbocycles. The van der Waals surface area contributed by atoms with Gasteiger partial charge in [0.25, 0.3) is 11.5 Å². The molecule has 0 radical (unpaired) electrons. The summed E-state index contributed by atoms with van der Waals surface area (Å²) >= 11 is 6.05. The van der Waals surface area contributed by atoms with E-state index in [2.05, 4.69) is 15.4 Å². The van der Waals surface area contributed by atoms with Gasteiger partial charge in [-0.15, -0.1) is 0 Å². The Hall–Kier alpha value is -3.45. The summed E-state index contributed by atoms with van der Waals surface area (Å²) in [5.41, 5.74) is 2.95. The Balaban J connectivity index is 1.48. The number of fused-ring (bicyclic) bond motifs is 1. The molecule has 4 aromatic rings. The summed E-state index contributed by atoms with van der Waals surface area (Å²) in [5.74, 6) is -0.259. The van der Waals surface area contributed by atoms with Crippen LogP contribution in [0, 0.1) is 6.92 Å². The van der Waals surface area contributed by atoms with Crippen LogP contribution >= 0.6 is 11.6 Å². The molecular formula is C22H20ClN5O2. The zero-order valence-corrected chi connectivity index (χ0v) is 17.1. The average molecular weight is 422 g/mol. The Morgan fingerprint density at radius 2 is 1.90 bits per heavy atom. The van der Waals surface area contributed by atoms with E-state index in [1.807, 2.05) is 31.2 Å². The van der Waals surface area contributed by atoms with Crippen molar-refractivity contribution < 1.29 is 4.79 Å². The van der Waals surface area contributed by atoms with Crippen molar-refractivity contribution in [1.82, 2.24) is 24.6 Å². The first-order valence-electron chi connectivity index (χ1n) is 9.53. The maximum absolute atomic E-state index is 12.8. The second-order valence-electron chi connectivity index (χ2n) is 6.94. The predicted molar refractivity (Wildman–Crippen MR) is 116 cm³/mol. The van der Waals surface area contributed by atoms with Gasteiger partial charge in [0.1, 0.15) is 11.7 Å². The molecule has 8 heteroatoms. The average Bonchev–Trinajstić information content (AvgIpc) is 3.15. The maximum Gasteiger partial charge on any atom is 0.264 e. The van der Waals surface area contributed by atoms with Crippen LogP contribution in [-0.2, 0) is 13.1 Å². The third kappa shape index (κ3) is 3.97. The van der Waals surface area contributed by atoms with Gasteiger partial charge < -0.3 is 5.32 Å². The van der Waals surface area contributed by atoms with Crippen LogP contribution in [0.3, 0.4) is 0 Å². The summed E-state index contributed by atoms with van der Waals surface area (Å²) in [5, 5.41) is 7.93. The molecular weight excluding hydrogens is 402 g/mol. The quantitative estimate of drug-likeness (QED) is 0.518. The lowest BCUT2D eigenvalue weighted by molar-refractivity contribution is 0.0952. The highest BCUT2D eigenvalue weighted by molar-refractivity contribution is 6.33. The largest absolute Gasteiger partial charge is 0.350 e. The third-order valence-electron chi connectivity index (χ3n) is 4.95. The number of nitrogens with zero attached hydrogens (tertiary/aromatic N) is 4. The molecule has 0 aliphatic heterocycles. The van der Waals surface area contributed by atoms with Gasteiger partial charge in [0.05, 0.1) is 29.9 Å². The van der Waals surface area contributed by atoms with Crippen molar-refractivity contribution in [2.45, 2.75) is 20.0 Å². The summed E-state index contributed by atoms with van der Waals surface area (Å²) < 4.78 is 3.19. The van der Waals surface area contributed by atoms with E-state index in [4.69, 9.17) is 11.6 Å². The van der Waals surface area contributed by atoms with Crippen LogP contribution in [0.5, 0.6) is 0 Å². The lowest BCUT2D eigenvalue weighted by atomic mass is 10.1. The van der Waals surface area contributed by atoms with Crippen molar-refractivity contribution in [3.8, 4) is 0 Å². The molecule has 0 fully saturated rings. The van der Waals surface area contributed by atoms with Gasteiger partial charge in [-0.1, -0.05) is 48.0 Å². The topological polar surface area (TPSA) is 81.8 Å². The number of rotatable bonds is 6. The van der Waals surface area contributed by atoms with Crippen LogP contribution in [0.15, 0.2) is 65.8 Å². The number of aryl methyl sites for hydroxylation is 1. The first kappa shape index (κ1) is 19.8.